The summed E-state index contributed by atoms with van der Waals surface area (Å²) >= 11 is 1.57. The first-order chi connectivity index (χ1) is 7.03. The Morgan fingerprint density at radius 2 is 2.40 bits per heavy atom. The van der Waals surface area contributed by atoms with Crippen LogP contribution in [0, 0.1) is 0 Å². The second kappa shape index (κ2) is 5.25. The van der Waals surface area contributed by atoms with Crippen molar-refractivity contribution in [2.75, 3.05) is 6.61 Å². The van der Waals surface area contributed by atoms with Crippen LogP contribution in [0.3, 0.4) is 0 Å². The van der Waals surface area contributed by atoms with Gasteiger partial charge in [0.15, 0.2) is 0 Å². The number of carbonyl (C=O) groups excluding carboxylic acids is 1. The summed E-state index contributed by atoms with van der Waals surface area (Å²) < 4.78 is 0. The molecule has 1 aromatic heterocycles. The van der Waals surface area contributed by atoms with Gasteiger partial charge in [0.25, 0.3) is 0 Å². The average molecular weight is 228 g/mol. The third kappa shape index (κ3) is 4.42. The Labute approximate surface area is 93.4 Å². The third-order valence-electron chi connectivity index (χ3n) is 1.84. The van der Waals surface area contributed by atoms with Crippen LogP contribution < -0.4 is 11.2 Å². The summed E-state index contributed by atoms with van der Waals surface area (Å²) in [4.78, 5) is 17.2. The first kappa shape index (κ1) is 12.2. The van der Waals surface area contributed by atoms with Crippen LogP contribution in [0.25, 0.3) is 0 Å². The zero-order valence-corrected chi connectivity index (χ0v) is 9.76. The zero-order valence-electron chi connectivity index (χ0n) is 8.95. The monoisotopic (exact) mass is 228 g/mol. The first-order valence-corrected chi connectivity index (χ1v) is 5.56. The average Bonchev–Trinajstić information content (AvgIpc) is 2.54. The molecule has 0 aliphatic carbocycles. The highest BCUT2D eigenvalue weighted by Gasteiger charge is 2.20. The van der Waals surface area contributed by atoms with E-state index in [0.29, 0.717) is 13.0 Å². The molecule has 15 heavy (non-hydrogen) atoms. The molecule has 0 radical (unpaired) electrons. The highest BCUT2D eigenvalue weighted by molar-refractivity contribution is 7.10. The van der Waals surface area contributed by atoms with Crippen molar-refractivity contribution >= 4 is 17.2 Å². The second-order valence-corrected chi connectivity index (χ2v) is 5.03. The van der Waals surface area contributed by atoms with Crippen LogP contribution in [0.4, 0.5) is 0 Å². The molecule has 1 amide bonds. The summed E-state index contributed by atoms with van der Waals surface area (Å²) in [6.45, 7) is 4.03. The van der Waals surface area contributed by atoms with Crippen molar-refractivity contribution in [3.8, 4) is 0 Å². The standard InChI is InChI=1S/C10H16N2O2S/c1-10(2,7-14-11)12-9(13)6-8-4-3-5-15-8/h3-5H,6-7,11H2,1-2H3,(H,12,13). The fraction of sp³-hybridized carbons (Fsp3) is 0.500. The summed E-state index contributed by atoms with van der Waals surface area (Å²) in [5, 5.41) is 4.81. The van der Waals surface area contributed by atoms with Gasteiger partial charge < -0.3 is 10.2 Å². The molecular weight excluding hydrogens is 212 g/mol. The highest BCUT2D eigenvalue weighted by atomic mass is 32.1. The minimum atomic E-state index is -0.427. The molecule has 1 rings (SSSR count). The van der Waals surface area contributed by atoms with Crippen LogP contribution in [-0.2, 0) is 16.1 Å². The Bertz CT molecular complexity index is 309. The van der Waals surface area contributed by atoms with Crippen molar-refractivity contribution in [3.63, 3.8) is 0 Å². The summed E-state index contributed by atoms with van der Waals surface area (Å²) in [6, 6.07) is 3.87. The van der Waals surface area contributed by atoms with E-state index in [-0.39, 0.29) is 5.91 Å². The van der Waals surface area contributed by atoms with E-state index in [0.717, 1.165) is 4.88 Å². The van der Waals surface area contributed by atoms with Gasteiger partial charge in [0.2, 0.25) is 5.91 Å². The van der Waals surface area contributed by atoms with Crippen LogP contribution in [0.5, 0.6) is 0 Å². The Hall–Kier alpha value is -0.910. The van der Waals surface area contributed by atoms with Crippen molar-refractivity contribution in [1.29, 1.82) is 0 Å². The van der Waals surface area contributed by atoms with Gasteiger partial charge in [-0.1, -0.05) is 6.07 Å². The molecule has 1 heterocycles. The maximum absolute atomic E-state index is 11.6. The minimum Gasteiger partial charge on any atom is -0.349 e. The Kier molecular flexibility index (Phi) is 4.26. The number of hydrogen-bond donors (Lipinski definition) is 2. The number of hydrogen-bond acceptors (Lipinski definition) is 4. The van der Waals surface area contributed by atoms with Crippen LogP contribution in [0.1, 0.15) is 18.7 Å². The molecule has 0 aromatic carbocycles. The molecule has 3 N–H and O–H groups in total. The molecular formula is C10H16N2O2S. The number of rotatable bonds is 5. The van der Waals surface area contributed by atoms with E-state index in [4.69, 9.17) is 5.90 Å². The predicted molar refractivity (Wildman–Crippen MR) is 60.4 cm³/mol. The van der Waals surface area contributed by atoms with E-state index in [1.807, 2.05) is 31.4 Å². The van der Waals surface area contributed by atoms with Crippen LogP contribution in [0.15, 0.2) is 17.5 Å². The smallest absolute Gasteiger partial charge is 0.225 e. The van der Waals surface area contributed by atoms with Crippen molar-refractivity contribution in [3.05, 3.63) is 22.4 Å². The molecule has 84 valence electrons. The summed E-state index contributed by atoms with van der Waals surface area (Å²) in [7, 11) is 0. The highest BCUT2D eigenvalue weighted by Crippen LogP contribution is 2.10. The summed E-state index contributed by atoms with van der Waals surface area (Å²) in [5.74, 6) is 4.96. The first-order valence-electron chi connectivity index (χ1n) is 4.68. The van der Waals surface area contributed by atoms with Crippen LogP contribution in [0.2, 0.25) is 0 Å². The van der Waals surface area contributed by atoms with Crippen molar-refractivity contribution < 1.29 is 9.63 Å². The quantitative estimate of drug-likeness (QED) is 0.741. The predicted octanol–water partition coefficient (Wildman–Crippen LogP) is 1.08. The topological polar surface area (TPSA) is 64.3 Å². The molecule has 0 unspecified atom stereocenters. The molecule has 0 bridgehead atoms. The molecule has 5 heteroatoms. The summed E-state index contributed by atoms with van der Waals surface area (Å²) in [5.41, 5.74) is -0.427. The fourth-order valence-corrected chi connectivity index (χ4v) is 1.94. The Morgan fingerprint density at radius 1 is 1.67 bits per heavy atom. The van der Waals surface area contributed by atoms with Gasteiger partial charge in [-0.15, -0.1) is 11.3 Å². The van der Waals surface area contributed by atoms with Crippen molar-refractivity contribution in [2.45, 2.75) is 25.8 Å². The van der Waals surface area contributed by atoms with Gasteiger partial charge in [-0.05, 0) is 25.3 Å². The van der Waals surface area contributed by atoms with E-state index in [1.165, 1.54) is 0 Å². The lowest BCUT2D eigenvalue weighted by atomic mass is 10.1. The summed E-state index contributed by atoms with van der Waals surface area (Å²) in [6.07, 6.45) is 0.408. The largest absolute Gasteiger partial charge is 0.349 e. The fourth-order valence-electron chi connectivity index (χ4n) is 1.24. The molecule has 4 nitrogen and oxygen atoms in total. The number of amides is 1. The maximum atomic E-state index is 11.6. The van der Waals surface area contributed by atoms with Gasteiger partial charge in [0.05, 0.1) is 18.6 Å². The van der Waals surface area contributed by atoms with Crippen LogP contribution in [-0.4, -0.2) is 18.1 Å². The molecule has 0 aliphatic rings. The van der Waals surface area contributed by atoms with Gasteiger partial charge in [-0.3, -0.25) is 4.79 Å². The number of nitrogens with two attached hydrogens (primary N) is 1. The molecule has 0 aliphatic heterocycles. The van der Waals surface area contributed by atoms with Gasteiger partial charge in [-0.2, -0.15) is 0 Å². The Morgan fingerprint density at radius 3 is 2.93 bits per heavy atom. The lowest BCUT2D eigenvalue weighted by Gasteiger charge is -2.24. The van der Waals surface area contributed by atoms with E-state index in [1.54, 1.807) is 11.3 Å². The minimum absolute atomic E-state index is 0.0144. The van der Waals surface area contributed by atoms with E-state index >= 15 is 0 Å². The van der Waals surface area contributed by atoms with Crippen molar-refractivity contribution in [2.24, 2.45) is 5.90 Å². The molecule has 0 fully saturated rings. The van der Waals surface area contributed by atoms with Gasteiger partial charge in [-0.25, -0.2) is 5.90 Å². The number of thiophene rings is 1. The maximum Gasteiger partial charge on any atom is 0.225 e. The molecule has 1 aromatic rings. The molecule has 0 saturated carbocycles. The molecule has 0 spiro atoms. The number of carbonyl (C=O) groups is 1. The molecule has 0 saturated heterocycles. The second-order valence-electron chi connectivity index (χ2n) is 4.00. The SMILES string of the molecule is CC(C)(CON)NC(=O)Cc1cccs1. The van der Waals surface area contributed by atoms with Crippen LogP contribution >= 0.6 is 11.3 Å². The van der Waals surface area contributed by atoms with E-state index < -0.39 is 5.54 Å². The van der Waals surface area contributed by atoms with E-state index in [9.17, 15) is 4.79 Å². The van der Waals surface area contributed by atoms with Gasteiger partial charge in [0.1, 0.15) is 0 Å². The van der Waals surface area contributed by atoms with E-state index in [2.05, 4.69) is 10.2 Å². The normalized spacial score (nSPS) is 11.4. The third-order valence-corrected chi connectivity index (χ3v) is 2.71. The van der Waals surface area contributed by atoms with Gasteiger partial charge in [0, 0.05) is 4.88 Å². The molecule has 0 atom stereocenters. The van der Waals surface area contributed by atoms with Crippen molar-refractivity contribution in [1.82, 2.24) is 5.32 Å². The lowest BCUT2D eigenvalue weighted by molar-refractivity contribution is -0.122. The Balaban J connectivity index is 2.42. The van der Waals surface area contributed by atoms with Gasteiger partial charge >= 0.3 is 0 Å². The zero-order chi connectivity index (χ0) is 11.3. The lowest BCUT2D eigenvalue weighted by Crippen LogP contribution is -2.48. The number of nitrogens with one attached hydrogen (secondary N) is 1.